The Morgan fingerprint density at radius 1 is 1.18 bits per heavy atom. The maximum atomic E-state index is 5.73. The Morgan fingerprint density at radius 2 is 2.06 bits per heavy atom. The molecule has 3 heterocycles. The zero-order valence-electron chi connectivity index (χ0n) is 10.2. The molecule has 1 unspecified atom stereocenters. The molecule has 1 N–H and O–H groups in total. The van der Waals surface area contributed by atoms with Crippen LogP contribution < -0.4 is 5.32 Å². The molecule has 2 saturated heterocycles. The van der Waals surface area contributed by atoms with Gasteiger partial charge in [-0.25, -0.2) is 4.98 Å². The maximum Gasteiger partial charge on any atom is 0.197 e. The number of ether oxygens (including phenoxy) is 1. The first-order valence-electron chi connectivity index (χ1n) is 6.71. The molecule has 94 valence electrons. The van der Waals surface area contributed by atoms with Crippen LogP contribution in [-0.4, -0.2) is 24.7 Å². The fraction of sp³-hybridized carbons (Fsp3) is 0.769. The van der Waals surface area contributed by atoms with Crippen LogP contribution in [0, 0.1) is 0 Å². The van der Waals surface area contributed by atoms with Gasteiger partial charge in [-0.1, -0.05) is 0 Å². The third-order valence-corrected chi connectivity index (χ3v) is 3.74. The van der Waals surface area contributed by atoms with Gasteiger partial charge in [-0.2, -0.15) is 0 Å². The Hall–Kier alpha value is -0.870. The number of aromatic nitrogens is 1. The average molecular weight is 236 g/mol. The van der Waals surface area contributed by atoms with E-state index in [4.69, 9.17) is 9.15 Å². The first-order valence-corrected chi connectivity index (χ1v) is 6.71. The molecule has 0 radical (unpaired) electrons. The highest BCUT2D eigenvalue weighted by atomic mass is 16.5. The minimum absolute atomic E-state index is 0.169. The lowest BCUT2D eigenvalue weighted by Gasteiger charge is -2.21. The topological polar surface area (TPSA) is 47.3 Å². The van der Waals surface area contributed by atoms with Gasteiger partial charge in [0.25, 0.3) is 0 Å². The Morgan fingerprint density at radius 3 is 2.82 bits per heavy atom. The standard InChI is InChI=1S/C13H20N2O2/c1-2-8-16-12(3-1)11-9-17-13(15-11)10-4-6-14-7-5-10/h9-10,12,14H,1-8H2. The summed E-state index contributed by atoms with van der Waals surface area (Å²) in [6.45, 7) is 3.00. The van der Waals surface area contributed by atoms with E-state index in [1.54, 1.807) is 6.26 Å². The largest absolute Gasteiger partial charge is 0.448 e. The molecule has 1 aromatic heterocycles. The second kappa shape index (κ2) is 5.19. The van der Waals surface area contributed by atoms with E-state index in [0.717, 1.165) is 50.5 Å². The van der Waals surface area contributed by atoms with E-state index in [2.05, 4.69) is 10.3 Å². The molecule has 0 aromatic carbocycles. The van der Waals surface area contributed by atoms with E-state index in [9.17, 15) is 0 Å². The van der Waals surface area contributed by atoms with Crippen molar-refractivity contribution in [2.75, 3.05) is 19.7 Å². The summed E-state index contributed by atoms with van der Waals surface area (Å²) in [5.41, 5.74) is 0.998. The van der Waals surface area contributed by atoms with Gasteiger partial charge in [0, 0.05) is 12.5 Å². The van der Waals surface area contributed by atoms with Crippen LogP contribution in [0.4, 0.5) is 0 Å². The van der Waals surface area contributed by atoms with Crippen LogP contribution in [0.15, 0.2) is 10.7 Å². The summed E-state index contributed by atoms with van der Waals surface area (Å²) in [6, 6.07) is 0. The number of hydrogen-bond acceptors (Lipinski definition) is 4. The second-order valence-corrected chi connectivity index (χ2v) is 4.99. The summed E-state index contributed by atoms with van der Waals surface area (Å²) in [5.74, 6) is 1.41. The molecule has 0 amide bonds. The maximum absolute atomic E-state index is 5.73. The molecule has 2 aliphatic heterocycles. The average Bonchev–Trinajstić information content (AvgIpc) is 2.90. The third-order valence-electron chi connectivity index (χ3n) is 3.74. The molecule has 0 spiro atoms. The predicted molar refractivity (Wildman–Crippen MR) is 63.9 cm³/mol. The summed E-state index contributed by atoms with van der Waals surface area (Å²) in [7, 11) is 0. The van der Waals surface area contributed by atoms with Crippen molar-refractivity contribution in [1.82, 2.24) is 10.3 Å². The molecule has 2 fully saturated rings. The van der Waals surface area contributed by atoms with Crippen LogP contribution in [0.3, 0.4) is 0 Å². The molecule has 0 saturated carbocycles. The number of nitrogens with one attached hydrogen (secondary N) is 1. The molecule has 1 aromatic rings. The van der Waals surface area contributed by atoms with Crippen molar-refractivity contribution >= 4 is 0 Å². The molecule has 3 rings (SSSR count). The minimum atomic E-state index is 0.169. The van der Waals surface area contributed by atoms with Crippen LogP contribution in [0.1, 0.15) is 55.7 Å². The van der Waals surface area contributed by atoms with Crippen molar-refractivity contribution in [3.05, 3.63) is 17.8 Å². The second-order valence-electron chi connectivity index (χ2n) is 4.99. The van der Waals surface area contributed by atoms with Crippen LogP contribution in [-0.2, 0) is 4.74 Å². The molecule has 0 bridgehead atoms. The van der Waals surface area contributed by atoms with Gasteiger partial charge >= 0.3 is 0 Å². The van der Waals surface area contributed by atoms with Crippen molar-refractivity contribution < 1.29 is 9.15 Å². The summed E-state index contributed by atoms with van der Waals surface area (Å²) in [5, 5.41) is 3.36. The first kappa shape index (κ1) is 11.2. The highest BCUT2D eigenvalue weighted by Crippen LogP contribution is 2.30. The van der Waals surface area contributed by atoms with E-state index < -0.39 is 0 Å². The molecule has 4 nitrogen and oxygen atoms in total. The van der Waals surface area contributed by atoms with Crippen LogP contribution >= 0.6 is 0 Å². The molecular formula is C13H20N2O2. The van der Waals surface area contributed by atoms with Crippen molar-refractivity contribution in [3.63, 3.8) is 0 Å². The van der Waals surface area contributed by atoms with Gasteiger partial charge in [-0.3, -0.25) is 0 Å². The van der Waals surface area contributed by atoms with Crippen molar-refractivity contribution in [2.45, 2.75) is 44.1 Å². The van der Waals surface area contributed by atoms with E-state index in [-0.39, 0.29) is 6.10 Å². The quantitative estimate of drug-likeness (QED) is 0.856. The summed E-state index contributed by atoms with van der Waals surface area (Å²) >= 11 is 0. The van der Waals surface area contributed by atoms with Gasteiger partial charge in [0.05, 0.1) is 0 Å². The van der Waals surface area contributed by atoms with Gasteiger partial charge in [0.15, 0.2) is 5.89 Å². The van der Waals surface area contributed by atoms with Gasteiger partial charge in [0.1, 0.15) is 18.1 Å². The Labute approximate surface area is 102 Å². The number of hydrogen-bond donors (Lipinski definition) is 1. The first-order chi connectivity index (χ1) is 8.43. The lowest BCUT2D eigenvalue weighted by atomic mass is 9.98. The molecule has 0 aliphatic carbocycles. The fourth-order valence-electron chi connectivity index (χ4n) is 2.68. The monoisotopic (exact) mass is 236 g/mol. The zero-order chi connectivity index (χ0) is 11.5. The Balaban J connectivity index is 1.68. The van der Waals surface area contributed by atoms with Crippen molar-refractivity contribution in [1.29, 1.82) is 0 Å². The molecule has 4 heteroatoms. The van der Waals surface area contributed by atoms with Gasteiger partial charge in [-0.15, -0.1) is 0 Å². The SMILES string of the molecule is c1oc(C2CCNCC2)nc1C1CCCCO1. The van der Waals surface area contributed by atoms with Crippen LogP contribution in [0.2, 0.25) is 0 Å². The lowest BCUT2D eigenvalue weighted by molar-refractivity contribution is 0.0122. The Bertz CT molecular complexity index is 320. The molecule has 17 heavy (non-hydrogen) atoms. The minimum Gasteiger partial charge on any atom is -0.448 e. The van der Waals surface area contributed by atoms with Gasteiger partial charge in [0.2, 0.25) is 0 Å². The predicted octanol–water partition coefficient (Wildman–Crippen LogP) is 2.38. The number of rotatable bonds is 2. The smallest absolute Gasteiger partial charge is 0.197 e. The van der Waals surface area contributed by atoms with E-state index in [0.29, 0.717) is 5.92 Å². The number of oxazole rings is 1. The molecular weight excluding hydrogens is 216 g/mol. The highest BCUT2D eigenvalue weighted by Gasteiger charge is 2.24. The fourth-order valence-corrected chi connectivity index (χ4v) is 2.68. The molecule has 1 atom stereocenters. The van der Waals surface area contributed by atoms with Gasteiger partial charge in [-0.05, 0) is 45.2 Å². The zero-order valence-corrected chi connectivity index (χ0v) is 10.2. The lowest BCUT2D eigenvalue weighted by Crippen LogP contribution is -2.26. The highest BCUT2D eigenvalue weighted by molar-refractivity contribution is 5.05. The number of piperidine rings is 1. The summed E-state index contributed by atoms with van der Waals surface area (Å²) in [4.78, 5) is 4.64. The normalized spacial score (nSPS) is 27.2. The van der Waals surface area contributed by atoms with E-state index >= 15 is 0 Å². The molecule has 2 aliphatic rings. The Kier molecular flexibility index (Phi) is 3.43. The number of nitrogens with zero attached hydrogens (tertiary/aromatic N) is 1. The van der Waals surface area contributed by atoms with Crippen molar-refractivity contribution in [3.8, 4) is 0 Å². The summed E-state index contributed by atoms with van der Waals surface area (Å²) < 4.78 is 11.4. The summed E-state index contributed by atoms with van der Waals surface area (Å²) in [6.07, 6.45) is 7.72. The van der Waals surface area contributed by atoms with Gasteiger partial charge < -0.3 is 14.5 Å². The van der Waals surface area contributed by atoms with Crippen LogP contribution in [0.25, 0.3) is 0 Å². The van der Waals surface area contributed by atoms with Crippen molar-refractivity contribution in [2.24, 2.45) is 0 Å². The van der Waals surface area contributed by atoms with E-state index in [1.807, 2.05) is 0 Å². The third kappa shape index (κ3) is 2.53. The van der Waals surface area contributed by atoms with E-state index in [1.165, 1.54) is 12.8 Å². The van der Waals surface area contributed by atoms with Crippen LogP contribution in [0.5, 0.6) is 0 Å².